The van der Waals surface area contributed by atoms with Gasteiger partial charge < -0.3 is 9.47 Å². The maximum atomic E-state index is 12.0. The number of esters is 1. The smallest absolute Gasteiger partial charge is 0.343 e. The molecule has 0 unspecified atom stereocenters. The Bertz CT molecular complexity index is 982. The molecule has 0 fully saturated rings. The van der Waals surface area contributed by atoms with E-state index in [9.17, 15) is 9.59 Å². The summed E-state index contributed by atoms with van der Waals surface area (Å²) in [5.74, 6) is 0.255. The molecule has 0 aromatic heterocycles. The summed E-state index contributed by atoms with van der Waals surface area (Å²) in [6.45, 7) is 1.85. The molecule has 3 aromatic rings. The summed E-state index contributed by atoms with van der Waals surface area (Å²) in [6, 6.07) is 23.0. The van der Waals surface area contributed by atoms with Crippen molar-refractivity contribution < 1.29 is 19.1 Å². The summed E-state index contributed by atoms with van der Waals surface area (Å²) < 4.78 is 10.7. The number of aryl methyl sites for hydroxylation is 1. The third-order valence-corrected chi connectivity index (χ3v) is 3.89. The number of ether oxygens (including phenoxy) is 2. The van der Waals surface area contributed by atoms with E-state index in [1.165, 1.54) is 6.21 Å². The van der Waals surface area contributed by atoms with E-state index in [-0.39, 0.29) is 12.5 Å². The van der Waals surface area contributed by atoms with E-state index in [2.05, 4.69) is 10.5 Å². The summed E-state index contributed by atoms with van der Waals surface area (Å²) in [7, 11) is 0. The Balaban J connectivity index is 1.45. The molecule has 29 heavy (non-hydrogen) atoms. The highest BCUT2D eigenvalue weighted by Gasteiger charge is 2.07. The average Bonchev–Trinajstić information content (AvgIpc) is 2.75. The van der Waals surface area contributed by atoms with Crippen LogP contribution in [0.4, 0.5) is 0 Å². The van der Waals surface area contributed by atoms with Crippen LogP contribution in [-0.4, -0.2) is 24.7 Å². The van der Waals surface area contributed by atoms with Crippen LogP contribution in [0.5, 0.6) is 11.5 Å². The fraction of sp³-hybridized carbons (Fsp3) is 0.0870. The van der Waals surface area contributed by atoms with Gasteiger partial charge >= 0.3 is 5.97 Å². The van der Waals surface area contributed by atoms with Gasteiger partial charge in [-0.2, -0.15) is 5.10 Å². The molecule has 0 radical (unpaired) electrons. The van der Waals surface area contributed by atoms with Gasteiger partial charge in [0, 0.05) is 0 Å². The minimum atomic E-state index is -0.423. The Hall–Kier alpha value is -3.93. The molecule has 1 amide bonds. The monoisotopic (exact) mass is 388 g/mol. The molecule has 3 rings (SSSR count). The van der Waals surface area contributed by atoms with E-state index in [1.54, 1.807) is 60.7 Å². The van der Waals surface area contributed by atoms with Gasteiger partial charge in [-0.25, -0.2) is 10.2 Å². The molecule has 0 saturated heterocycles. The number of hydrazone groups is 1. The number of carbonyl (C=O) groups is 2. The summed E-state index contributed by atoms with van der Waals surface area (Å²) >= 11 is 0. The zero-order valence-corrected chi connectivity index (χ0v) is 15.9. The van der Waals surface area contributed by atoms with Crippen LogP contribution in [0, 0.1) is 6.92 Å². The van der Waals surface area contributed by atoms with Gasteiger partial charge in [0.2, 0.25) is 0 Å². The van der Waals surface area contributed by atoms with Crippen LogP contribution in [0.1, 0.15) is 21.5 Å². The van der Waals surface area contributed by atoms with Crippen molar-refractivity contribution in [3.05, 3.63) is 95.6 Å². The lowest BCUT2D eigenvalue weighted by atomic mass is 10.2. The zero-order chi connectivity index (χ0) is 20.5. The largest absolute Gasteiger partial charge is 0.484 e. The molecule has 0 heterocycles. The maximum Gasteiger partial charge on any atom is 0.343 e. The van der Waals surface area contributed by atoms with Crippen LogP contribution < -0.4 is 14.9 Å². The minimum Gasteiger partial charge on any atom is -0.484 e. The van der Waals surface area contributed by atoms with Crippen LogP contribution in [0.15, 0.2) is 84.0 Å². The highest BCUT2D eigenvalue weighted by Crippen LogP contribution is 2.14. The van der Waals surface area contributed by atoms with Gasteiger partial charge in [-0.05, 0) is 61.0 Å². The van der Waals surface area contributed by atoms with Gasteiger partial charge in [0.15, 0.2) is 6.61 Å². The second kappa shape index (κ2) is 9.85. The Morgan fingerprint density at radius 2 is 1.55 bits per heavy atom. The van der Waals surface area contributed by atoms with Crippen LogP contribution in [-0.2, 0) is 4.79 Å². The first kappa shape index (κ1) is 19.8. The lowest BCUT2D eigenvalue weighted by molar-refractivity contribution is -0.123. The molecular weight excluding hydrogens is 368 g/mol. The van der Waals surface area contributed by atoms with Crippen molar-refractivity contribution in [3.63, 3.8) is 0 Å². The highest BCUT2D eigenvalue weighted by molar-refractivity contribution is 5.91. The fourth-order valence-corrected chi connectivity index (χ4v) is 2.36. The summed E-state index contributed by atoms with van der Waals surface area (Å²) in [5, 5.41) is 3.89. The van der Waals surface area contributed by atoms with Crippen molar-refractivity contribution in [2.24, 2.45) is 5.10 Å². The van der Waals surface area contributed by atoms with Gasteiger partial charge in [-0.15, -0.1) is 0 Å². The molecule has 6 heteroatoms. The molecule has 146 valence electrons. The van der Waals surface area contributed by atoms with Gasteiger partial charge in [-0.3, -0.25) is 4.79 Å². The first-order chi connectivity index (χ1) is 14.1. The maximum absolute atomic E-state index is 12.0. The first-order valence-corrected chi connectivity index (χ1v) is 8.99. The van der Waals surface area contributed by atoms with Gasteiger partial charge in [0.1, 0.15) is 11.5 Å². The summed E-state index contributed by atoms with van der Waals surface area (Å²) in [6.07, 6.45) is 1.49. The molecule has 1 N–H and O–H groups in total. The third-order valence-electron chi connectivity index (χ3n) is 3.89. The van der Waals surface area contributed by atoms with Crippen molar-refractivity contribution in [3.8, 4) is 11.5 Å². The zero-order valence-electron chi connectivity index (χ0n) is 15.9. The molecule has 0 atom stereocenters. The average molecular weight is 388 g/mol. The number of rotatable bonds is 7. The number of amides is 1. The van der Waals surface area contributed by atoms with Crippen LogP contribution >= 0.6 is 0 Å². The number of hydrogen-bond donors (Lipinski definition) is 1. The molecule has 6 nitrogen and oxygen atoms in total. The topological polar surface area (TPSA) is 77.0 Å². The predicted octanol–water partition coefficient (Wildman–Crippen LogP) is 3.74. The molecule has 0 bridgehead atoms. The number of carbonyl (C=O) groups excluding carboxylic acids is 2. The summed E-state index contributed by atoms with van der Waals surface area (Å²) in [4.78, 5) is 23.8. The normalized spacial score (nSPS) is 10.5. The van der Waals surface area contributed by atoms with E-state index >= 15 is 0 Å². The lowest BCUT2D eigenvalue weighted by Crippen LogP contribution is -2.24. The quantitative estimate of drug-likeness (QED) is 0.289. The Labute approximate surface area is 168 Å². The van der Waals surface area contributed by atoms with Crippen molar-refractivity contribution >= 4 is 18.1 Å². The van der Waals surface area contributed by atoms with E-state index in [0.29, 0.717) is 17.1 Å². The van der Waals surface area contributed by atoms with Crippen molar-refractivity contribution in [1.82, 2.24) is 5.43 Å². The number of nitrogens with zero attached hydrogens (tertiary/aromatic N) is 1. The Morgan fingerprint density at radius 1 is 0.897 bits per heavy atom. The second-order valence-electron chi connectivity index (χ2n) is 6.22. The fourth-order valence-electron chi connectivity index (χ4n) is 2.36. The Kier molecular flexibility index (Phi) is 6.73. The standard InChI is InChI=1S/C23H20N2O4/c1-17-7-11-20(12-8-17)28-16-22(26)25-24-15-18-9-13-21(14-10-18)29-23(27)19-5-3-2-4-6-19/h2-15H,16H2,1H3,(H,25,26). The molecule has 0 aliphatic heterocycles. The van der Waals surface area contributed by atoms with E-state index in [1.807, 2.05) is 25.1 Å². The van der Waals surface area contributed by atoms with Crippen LogP contribution in [0.3, 0.4) is 0 Å². The minimum absolute atomic E-state index is 0.130. The van der Waals surface area contributed by atoms with E-state index in [0.717, 1.165) is 11.1 Å². The van der Waals surface area contributed by atoms with Crippen LogP contribution in [0.25, 0.3) is 0 Å². The first-order valence-electron chi connectivity index (χ1n) is 8.99. The lowest BCUT2D eigenvalue weighted by Gasteiger charge is -2.05. The van der Waals surface area contributed by atoms with E-state index < -0.39 is 5.97 Å². The molecular formula is C23H20N2O4. The van der Waals surface area contributed by atoms with Gasteiger partial charge in [-0.1, -0.05) is 35.9 Å². The number of hydrogen-bond acceptors (Lipinski definition) is 5. The molecule has 0 aliphatic rings. The predicted molar refractivity (Wildman–Crippen MR) is 110 cm³/mol. The third kappa shape index (κ3) is 6.32. The Morgan fingerprint density at radius 3 is 2.24 bits per heavy atom. The van der Waals surface area contributed by atoms with Crippen molar-refractivity contribution in [2.45, 2.75) is 6.92 Å². The van der Waals surface area contributed by atoms with Crippen LogP contribution in [0.2, 0.25) is 0 Å². The number of benzene rings is 3. The van der Waals surface area contributed by atoms with E-state index in [4.69, 9.17) is 9.47 Å². The molecule has 0 saturated carbocycles. The van der Waals surface area contributed by atoms with Gasteiger partial charge in [0.05, 0.1) is 11.8 Å². The van der Waals surface area contributed by atoms with Crippen molar-refractivity contribution in [2.75, 3.05) is 6.61 Å². The molecule has 0 spiro atoms. The molecule has 0 aliphatic carbocycles. The second-order valence-corrected chi connectivity index (χ2v) is 6.22. The SMILES string of the molecule is Cc1ccc(OCC(=O)NN=Cc2ccc(OC(=O)c3ccccc3)cc2)cc1. The highest BCUT2D eigenvalue weighted by atomic mass is 16.5. The van der Waals surface area contributed by atoms with Crippen molar-refractivity contribution in [1.29, 1.82) is 0 Å². The number of nitrogens with one attached hydrogen (secondary N) is 1. The molecule has 3 aromatic carbocycles. The summed E-state index contributed by atoms with van der Waals surface area (Å²) in [5.41, 5.74) is 4.74. The van der Waals surface area contributed by atoms with Gasteiger partial charge in [0.25, 0.3) is 5.91 Å².